The summed E-state index contributed by atoms with van der Waals surface area (Å²) < 4.78 is 12.7. The van der Waals surface area contributed by atoms with Crippen molar-refractivity contribution >= 4 is 29.2 Å². The maximum absolute atomic E-state index is 12.2. The molecule has 5 nitrogen and oxygen atoms in total. The number of hydrogen-bond acceptors (Lipinski definition) is 4. The number of imidazole rings is 1. The van der Waals surface area contributed by atoms with Crippen LogP contribution < -0.4 is 4.74 Å². The van der Waals surface area contributed by atoms with Crippen molar-refractivity contribution in [1.82, 2.24) is 9.55 Å². The second-order valence-electron chi connectivity index (χ2n) is 9.13. The van der Waals surface area contributed by atoms with Gasteiger partial charge in [-0.1, -0.05) is 59.6 Å². The zero-order valence-electron chi connectivity index (χ0n) is 22.2. The van der Waals surface area contributed by atoms with Gasteiger partial charge in [-0.2, -0.15) is 0 Å². The smallest absolute Gasteiger partial charge is 0.338 e. The lowest BCUT2D eigenvalue weighted by molar-refractivity contribution is 0.0526. The molecule has 0 saturated heterocycles. The zero-order valence-corrected chi connectivity index (χ0v) is 23.7. The Morgan fingerprint density at radius 3 is 2.12 bits per heavy atom. The molecule has 0 saturated carbocycles. The number of hydrogen-bond donors (Lipinski definition) is 0. The quantitative estimate of drug-likeness (QED) is 0.166. The van der Waals surface area contributed by atoms with Gasteiger partial charge in [-0.3, -0.25) is 0 Å². The van der Waals surface area contributed by atoms with Crippen LogP contribution in [0.25, 0.3) is 28.1 Å². The molecule has 5 aromatic rings. The van der Waals surface area contributed by atoms with Gasteiger partial charge in [-0.25, -0.2) is 9.78 Å². The monoisotopic (exact) mass is 570 g/mol. The molecule has 1 heterocycles. The van der Waals surface area contributed by atoms with Gasteiger partial charge in [0.2, 0.25) is 0 Å². The van der Waals surface area contributed by atoms with E-state index in [9.17, 15) is 4.79 Å². The molecular formula is C33H28Cl2N2O3. The Balaban J connectivity index is 1.46. The first-order valence-electron chi connectivity index (χ1n) is 13.1. The Morgan fingerprint density at radius 1 is 0.825 bits per heavy atom. The largest absolute Gasteiger partial charge is 0.494 e. The summed E-state index contributed by atoms with van der Waals surface area (Å²) in [6, 6.07) is 29.2. The van der Waals surface area contributed by atoms with Crippen LogP contribution >= 0.6 is 23.2 Å². The standard InChI is InChI=1S/C33H28Cl2N2O3/c1-3-39-28-16-11-24(12-17-28)23-7-5-22(6-8-23)19-32-36-31(29-18-13-26(34)20-30(29)35)21-37(32)27-14-9-25(10-15-27)33(38)40-4-2/h5-18,20-21H,3-4,19H2,1-2H3. The number of nitrogens with zero attached hydrogens (tertiary/aromatic N) is 2. The van der Waals surface area contributed by atoms with E-state index < -0.39 is 0 Å². The first kappa shape index (κ1) is 27.5. The van der Waals surface area contributed by atoms with E-state index in [0.29, 0.717) is 35.2 Å². The second-order valence-corrected chi connectivity index (χ2v) is 9.98. The van der Waals surface area contributed by atoms with Crippen molar-refractivity contribution in [2.75, 3.05) is 13.2 Å². The van der Waals surface area contributed by atoms with E-state index in [4.69, 9.17) is 37.7 Å². The minimum Gasteiger partial charge on any atom is -0.494 e. The summed E-state index contributed by atoms with van der Waals surface area (Å²) in [5.74, 6) is 1.35. The van der Waals surface area contributed by atoms with Crippen molar-refractivity contribution in [3.63, 3.8) is 0 Å². The molecule has 40 heavy (non-hydrogen) atoms. The number of halogens is 2. The Hall–Kier alpha value is -4.06. The molecule has 0 atom stereocenters. The first-order valence-corrected chi connectivity index (χ1v) is 13.8. The number of carbonyl (C=O) groups excluding carboxylic acids is 1. The Bertz CT molecular complexity index is 1610. The van der Waals surface area contributed by atoms with Crippen LogP contribution in [0.4, 0.5) is 0 Å². The van der Waals surface area contributed by atoms with Crippen LogP contribution in [0.15, 0.2) is 97.2 Å². The molecule has 202 valence electrons. The van der Waals surface area contributed by atoms with E-state index in [1.807, 2.05) is 48.0 Å². The molecule has 0 aliphatic heterocycles. The van der Waals surface area contributed by atoms with Crippen LogP contribution in [-0.2, 0) is 11.2 Å². The van der Waals surface area contributed by atoms with Crippen molar-refractivity contribution in [2.24, 2.45) is 0 Å². The van der Waals surface area contributed by atoms with Crippen LogP contribution in [-0.4, -0.2) is 28.7 Å². The van der Waals surface area contributed by atoms with E-state index >= 15 is 0 Å². The summed E-state index contributed by atoms with van der Waals surface area (Å²) in [4.78, 5) is 17.1. The fourth-order valence-electron chi connectivity index (χ4n) is 4.47. The molecule has 0 fully saturated rings. The van der Waals surface area contributed by atoms with Gasteiger partial charge in [0.15, 0.2) is 0 Å². The lowest BCUT2D eigenvalue weighted by Gasteiger charge is -2.10. The molecule has 5 rings (SSSR count). The molecule has 0 aliphatic rings. The third-order valence-electron chi connectivity index (χ3n) is 6.46. The summed E-state index contributed by atoms with van der Waals surface area (Å²) >= 11 is 12.7. The highest BCUT2D eigenvalue weighted by Gasteiger charge is 2.15. The Kier molecular flexibility index (Phi) is 8.54. The van der Waals surface area contributed by atoms with Gasteiger partial charge in [-0.05, 0) is 85.1 Å². The number of ether oxygens (including phenoxy) is 2. The highest BCUT2D eigenvalue weighted by molar-refractivity contribution is 6.36. The molecule has 0 aliphatic carbocycles. The van der Waals surface area contributed by atoms with Crippen molar-refractivity contribution in [3.05, 3.63) is 124 Å². The summed E-state index contributed by atoms with van der Waals surface area (Å²) in [5.41, 5.74) is 6.25. The minimum absolute atomic E-state index is 0.328. The van der Waals surface area contributed by atoms with Gasteiger partial charge < -0.3 is 14.0 Å². The summed E-state index contributed by atoms with van der Waals surface area (Å²) in [6.45, 7) is 4.74. The number of carbonyl (C=O) groups is 1. The van der Waals surface area contributed by atoms with E-state index in [1.54, 1.807) is 31.2 Å². The number of aromatic nitrogens is 2. The average Bonchev–Trinajstić information content (AvgIpc) is 3.37. The predicted molar refractivity (Wildman–Crippen MR) is 161 cm³/mol. The lowest BCUT2D eigenvalue weighted by atomic mass is 10.0. The summed E-state index contributed by atoms with van der Waals surface area (Å²) in [7, 11) is 0. The van der Waals surface area contributed by atoms with Crippen molar-refractivity contribution < 1.29 is 14.3 Å². The van der Waals surface area contributed by atoms with Crippen LogP contribution in [0.2, 0.25) is 10.0 Å². The highest BCUT2D eigenvalue weighted by atomic mass is 35.5. The molecule has 0 spiro atoms. The van der Waals surface area contributed by atoms with E-state index in [-0.39, 0.29) is 5.97 Å². The van der Waals surface area contributed by atoms with Gasteiger partial charge in [-0.15, -0.1) is 0 Å². The summed E-state index contributed by atoms with van der Waals surface area (Å²) in [6.07, 6.45) is 2.55. The Labute approximate surface area is 243 Å². The van der Waals surface area contributed by atoms with Crippen LogP contribution in [0.5, 0.6) is 5.75 Å². The number of rotatable bonds is 9. The van der Waals surface area contributed by atoms with Crippen molar-refractivity contribution in [1.29, 1.82) is 0 Å². The molecule has 1 aromatic heterocycles. The fourth-order valence-corrected chi connectivity index (χ4v) is 4.98. The van der Waals surface area contributed by atoms with Gasteiger partial charge in [0.1, 0.15) is 11.6 Å². The molecular weight excluding hydrogens is 543 g/mol. The second kappa shape index (κ2) is 12.4. The van der Waals surface area contributed by atoms with Gasteiger partial charge >= 0.3 is 5.97 Å². The normalized spacial score (nSPS) is 10.9. The van der Waals surface area contributed by atoms with Crippen LogP contribution in [0, 0.1) is 0 Å². The topological polar surface area (TPSA) is 53.4 Å². The lowest BCUT2D eigenvalue weighted by Crippen LogP contribution is -2.05. The maximum Gasteiger partial charge on any atom is 0.338 e. The zero-order chi connectivity index (χ0) is 28.1. The number of esters is 1. The minimum atomic E-state index is -0.346. The fraction of sp³-hybridized carbons (Fsp3) is 0.152. The van der Waals surface area contributed by atoms with Crippen LogP contribution in [0.3, 0.4) is 0 Å². The molecule has 4 aromatic carbocycles. The summed E-state index contributed by atoms with van der Waals surface area (Å²) in [5, 5.41) is 1.09. The molecule has 0 bridgehead atoms. The average molecular weight is 572 g/mol. The predicted octanol–water partition coefficient (Wildman–Crippen LogP) is 8.68. The van der Waals surface area contributed by atoms with E-state index in [2.05, 4.69) is 36.4 Å². The third kappa shape index (κ3) is 6.22. The molecule has 0 amide bonds. The molecule has 0 radical (unpaired) electrons. The van der Waals surface area contributed by atoms with E-state index in [0.717, 1.165) is 45.2 Å². The van der Waals surface area contributed by atoms with Gasteiger partial charge in [0.25, 0.3) is 0 Å². The highest BCUT2D eigenvalue weighted by Crippen LogP contribution is 2.31. The SMILES string of the molecule is CCOC(=O)c1ccc(-n2cc(-c3ccc(Cl)cc3Cl)nc2Cc2ccc(-c3ccc(OCC)cc3)cc2)cc1. The number of benzene rings is 4. The first-order chi connectivity index (χ1) is 19.4. The van der Waals surface area contributed by atoms with Crippen molar-refractivity contribution in [2.45, 2.75) is 20.3 Å². The molecule has 7 heteroatoms. The molecule has 0 N–H and O–H groups in total. The maximum atomic E-state index is 12.2. The Morgan fingerprint density at radius 2 is 1.50 bits per heavy atom. The third-order valence-corrected chi connectivity index (χ3v) is 7.01. The van der Waals surface area contributed by atoms with E-state index in [1.165, 1.54) is 0 Å². The van der Waals surface area contributed by atoms with Gasteiger partial charge in [0.05, 0.1) is 29.5 Å². The van der Waals surface area contributed by atoms with Crippen molar-refractivity contribution in [3.8, 4) is 33.8 Å². The van der Waals surface area contributed by atoms with Gasteiger partial charge in [0, 0.05) is 28.9 Å². The van der Waals surface area contributed by atoms with Crippen LogP contribution in [0.1, 0.15) is 35.6 Å². The molecule has 0 unspecified atom stereocenters.